The van der Waals surface area contributed by atoms with E-state index < -0.39 is 0 Å². The second-order valence-corrected chi connectivity index (χ2v) is 6.04. The Bertz CT molecular complexity index is 873. The Morgan fingerprint density at radius 2 is 2.12 bits per heavy atom. The molecule has 0 saturated carbocycles. The molecule has 0 radical (unpaired) electrons. The van der Waals surface area contributed by atoms with E-state index in [0.717, 1.165) is 12.8 Å². The van der Waals surface area contributed by atoms with Crippen molar-refractivity contribution in [1.29, 1.82) is 0 Å². The number of rotatable bonds is 3. The molecule has 0 spiro atoms. The fourth-order valence-corrected chi connectivity index (χ4v) is 3.37. The van der Waals surface area contributed by atoms with Gasteiger partial charge in [0.2, 0.25) is 0 Å². The van der Waals surface area contributed by atoms with Gasteiger partial charge in [0.1, 0.15) is 12.1 Å². The van der Waals surface area contributed by atoms with Crippen LogP contribution >= 0.6 is 0 Å². The zero-order valence-corrected chi connectivity index (χ0v) is 13.5. The SMILES string of the molecule is CN(C(=O)c1ccnc(-n2ccnc2)c1)C1CCc2ccccc21. The molecule has 5 heteroatoms. The van der Waals surface area contributed by atoms with Crippen LogP contribution in [0.2, 0.25) is 0 Å². The van der Waals surface area contributed by atoms with Gasteiger partial charge in [-0.3, -0.25) is 9.36 Å². The van der Waals surface area contributed by atoms with Crippen LogP contribution in [0.3, 0.4) is 0 Å². The summed E-state index contributed by atoms with van der Waals surface area (Å²) in [6, 6.07) is 12.1. The Morgan fingerprint density at radius 3 is 2.96 bits per heavy atom. The van der Waals surface area contributed by atoms with Crippen molar-refractivity contribution in [3.8, 4) is 5.82 Å². The second-order valence-electron chi connectivity index (χ2n) is 6.04. The fraction of sp³-hybridized carbons (Fsp3) is 0.211. The molecule has 1 aliphatic rings. The normalized spacial score (nSPS) is 16.0. The van der Waals surface area contributed by atoms with Gasteiger partial charge in [-0.2, -0.15) is 0 Å². The molecular formula is C19H18N4O. The lowest BCUT2D eigenvalue weighted by Gasteiger charge is -2.25. The van der Waals surface area contributed by atoms with Crippen LogP contribution in [0.4, 0.5) is 0 Å². The molecule has 2 aromatic heterocycles. The van der Waals surface area contributed by atoms with Crippen molar-refractivity contribution in [3.05, 3.63) is 78.0 Å². The predicted molar refractivity (Wildman–Crippen MR) is 91.0 cm³/mol. The van der Waals surface area contributed by atoms with Crippen LogP contribution in [0, 0.1) is 0 Å². The quantitative estimate of drug-likeness (QED) is 0.746. The third-order valence-corrected chi connectivity index (χ3v) is 4.65. The maximum Gasteiger partial charge on any atom is 0.254 e. The molecule has 3 aromatic rings. The molecule has 0 bridgehead atoms. The number of hydrogen-bond donors (Lipinski definition) is 0. The number of hydrogen-bond acceptors (Lipinski definition) is 3. The predicted octanol–water partition coefficient (Wildman–Crippen LogP) is 3.03. The molecule has 4 rings (SSSR count). The van der Waals surface area contributed by atoms with Gasteiger partial charge in [0.05, 0.1) is 6.04 Å². The number of amides is 1. The van der Waals surface area contributed by atoms with Gasteiger partial charge in [0.25, 0.3) is 5.91 Å². The van der Waals surface area contributed by atoms with Crippen LogP contribution in [0.15, 0.2) is 61.3 Å². The standard InChI is InChI=1S/C19H18N4O/c1-22(17-7-6-14-4-2-3-5-16(14)17)19(24)15-8-9-21-18(12-15)23-11-10-20-13-23/h2-5,8-13,17H,6-7H2,1H3. The van der Waals surface area contributed by atoms with Crippen LogP contribution in [-0.4, -0.2) is 32.4 Å². The Balaban J connectivity index is 1.61. The number of imidazole rings is 1. The molecule has 24 heavy (non-hydrogen) atoms. The van der Waals surface area contributed by atoms with E-state index in [2.05, 4.69) is 28.2 Å². The van der Waals surface area contributed by atoms with Crippen LogP contribution in [0.5, 0.6) is 0 Å². The van der Waals surface area contributed by atoms with E-state index in [1.54, 1.807) is 35.4 Å². The first-order valence-electron chi connectivity index (χ1n) is 8.03. The van der Waals surface area contributed by atoms with Crippen molar-refractivity contribution in [2.24, 2.45) is 0 Å². The van der Waals surface area contributed by atoms with E-state index in [1.807, 2.05) is 24.2 Å². The molecule has 120 valence electrons. The van der Waals surface area contributed by atoms with Crippen LogP contribution in [-0.2, 0) is 6.42 Å². The number of aromatic nitrogens is 3. The van der Waals surface area contributed by atoms with Crippen molar-refractivity contribution >= 4 is 5.91 Å². The molecule has 0 N–H and O–H groups in total. The fourth-order valence-electron chi connectivity index (χ4n) is 3.37. The van der Waals surface area contributed by atoms with Gasteiger partial charge in [-0.05, 0) is 36.1 Å². The number of nitrogens with zero attached hydrogens (tertiary/aromatic N) is 4. The topological polar surface area (TPSA) is 51.0 Å². The van der Waals surface area contributed by atoms with E-state index >= 15 is 0 Å². The number of carbonyl (C=O) groups is 1. The number of benzene rings is 1. The Kier molecular flexibility index (Phi) is 3.61. The Hall–Kier alpha value is -2.95. The van der Waals surface area contributed by atoms with Crippen LogP contribution in [0.1, 0.15) is 33.9 Å². The Labute approximate surface area is 140 Å². The first kappa shape index (κ1) is 14.6. The third-order valence-electron chi connectivity index (χ3n) is 4.65. The van der Waals surface area contributed by atoms with Gasteiger partial charge >= 0.3 is 0 Å². The Morgan fingerprint density at radius 1 is 1.25 bits per heavy atom. The lowest BCUT2D eigenvalue weighted by molar-refractivity contribution is 0.0730. The van der Waals surface area contributed by atoms with E-state index in [9.17, 15) is 4.79 Å². The molecule has 1 aromatic carbocycles. The van der Waals surface area contributed by atoms with Crippen molar-refractivity contribution < 1.29 is 4.79 Å². The molecule has 1 unspecified atom stereocenters. The van der Waals surface area contributed by atoms with Gasteiger partial charge in [-0.25, -0.2) is 9.97 Å². The summed E-state index contributed by atoms with van der Waals surface area (Å²) in [7, 11) is 1.88. The summed E-state index contributed by atoms with van der Waals surface area (Å²) >= 11 is 0. The van der Waals surface area contributed by atoms with E-state index in [0.29, 0.717) is 11.4 Å². The molecule has 0 fully saturated rings. The number of carbonyl (C=O) groups excluding carboxylic acids is 1. The summed E-state index contributed by atoms with van der Waals surface area (Å²) in [4.78, 5) is 23.1. The monoisotopic (exact) mass is 318 g/mol. The van der Waals surface area contributed by atoms with E-state index in [-0.39, 0.29) is 11.9 Å². The van der Waals surface area contributed by atoms with E-state index in [4.69, 9.17) is 0 Å². The number of aryl methyl sites for hydroxylation is 1. The van der Waals surface area contributed by atoms with Gasteiger partial charge in [-0.15, -0.1) is 0 Å². The summed E-state index contributed by atoms with van der Waals surface area (Å²) in [6.07, 6.45) is 8.84. The summed E-state index contributed by atoms with van der Waals surface area (Å²) in [5.74, 6) is 0.707. The highest BCUT2D eigenvalue weighted by molar-refractivity contribution is 5.94. The summed E-state index contributed by atoms with van der Waals surface area (Å²) in [5, 5.41) is 0. The average molecular weight is 318 g/mol. The van der Waals surface area contributed by atoms with Gasteiger partial charge < -0.3 is 4.90 Å². The summed E-state index contributed by atoms with van der Waals surface area (Å²) < 4.78 is 1.79. The first-order valence-corrected chi connectivity index (χ1v) is 8.03. The molecule has 1 amide bonds. The second kappa shape index (κ2) is 5.92. The minimum absolute atomic E-state index is 0.0143. The largest absolute Gasteiger partial charge is 0.335 e. The maximum atomic E-state index is 12.9. The van der Waals surface area contributed by atoms with Crippen LogP contribution < -0.4 is 0 Å². The zero-order valence-electron chi connectivity index (χ0n) is 13.5. The lowest BCUT2D eigenvalue weighted by Crippen LogP contribution is -2.30. The lowest BCUT2D eigenvalue weighted by atomic mass is 10.1. The highest BCUT2D eigenvalue weighted by Gasteiger charge is 2.28. The zero-order chi connectivity index (χ0) is 16.5. The van der Waals surface area contributed by atoms with Crippen molar-refractivity contribution in [3.63, 3.8) is 0 Å². The van der Waals surface area contributed by atoms with Crippen molar-refractivity contribution in [1.82, 2.24) is 19.4 Å². The van der Waals surface area contributed by atoms with Crippen LogP contribution in [0.25, 0.3) is 5.82 Å². The molecular weight excluding hydrogens is 300 g/mol. The van der Waals surface area contributed by atoms with Crippen molar-refractivity contribution in [2.45, 2.75) is 18.9 Å². The minimum atomic E-state index is 0.0143. The van der Waals surface area contributed by atoms with Gasteiger partial charge in [0, 0.05) is 31.2 Å². The van der Waals surface area contributed by atoms with Crippen molar-refractivity contribution in [2.75, 3.05) is 7.05 Å². The molecule has 5 nitrogen and oxygen atoms in total. The molecule has 0 saturated heterocycles. The van der Waals surface area contributed by atoms with Gasteiger partial charge in [0.15, 0.2) is 0 Å². The highest BCUT2D eigenvalue weighted by Crippen LogP contribution is 2.35. The third kappa shape index (κ3) is 2.48. The molecule has 1 atom stereocenters. The molecule has 1 aliphatic carbocycles. The van der Waals surface area contributed by atoms with E-state index in [1.165, 1.54) is 11.1 Å². The molecule has 2 heterocycles. The molecule has 0 aliphatic heterocycles. The summed E-state index contributed by atoms with van der Waals surface area (Å²) in [5.41, 5.74) is 3.24. The minimum Gasteiger partial charge on any atom is -0.335 e. The maximum absolute atomic E-state index is 12.9. The van der Waals surface area contributed by atoms with Gasteiger partial charge in [-0.1, -0.05) is 24.3 Å². The number of pyridine rings is 1. The summed E-state index contributed by atoms with van der Waals surface area (Å²) in [6.45, 7) is 0. The first-order chi connectivity index (χ1) is 11.7. The number of fused-ring (bicyclic) bond motifs is 1. The highest BCUT2D eigenvalue weighted by atomic mass is 16.2. The average Bonchev–Trinajstić information content (AvgIpc) is 3.30. The smallest absolute Gasteiger partial charge is 0.254 e.